The summed E-state index contributed by atoms with van der Waals surface area (Å²) in [7, 11) is 0. The van der Waals surface area contributed by atoms with Crippen LogP contribution in [0.5, 0.6) is 0 Å². The number of halogens is 4. The molecule has 21 heavy (non-hydrogen) atoms. The van der Waals surface area contributed by atoms with Crippen LogP contribution in [0.3, 0.4) is 0 Å². The first-order valence-corrected chi connectivity index (χ1v) is 7.25. The first-order chi connectivity index (χ1) is 9.86. The van der Waals surface area contributed by atoms with E-state index < -0.39 is 17.8 Å². The molecule has 1 aromatic carbocycles. The van der Waals surface area contributed by atoms with E-state index in [1.807, 2.05) is 0 Å². The Kier molecular flexibility index (Phi) is 5.35. The molecule has 0 bridgehead atoms. The van der Waals surface area contributed by atoms with Crippen molar-refractivity contribution >= 4 is 17.3 Å². The molecule has 1 fully saturated rings. The summed E-state index contributed by atoms with van der Waals surface area (Å²) in [5.74, 6) is 0. The van der Waals surface area contributed by atoms with Gasteiger partial charge in [-0.05, 0) is 44.1 Å². The van der Waals surface area contributed by atoms with E-state index in [2.05, 4.69) is 10.2 Å². The highest BCUT2D eigenvalue weighted by atomic mass is 35.5. The van der Waals surface area contributed by atoms with Crippen molar-refractivity contribution in [1.82, 2.24) is 4.90 Å². The van der Waals surface area contributed by atoms with Gasteiger partial charge >= 0.3 is 6.18 Å². The van der Waals surface area contributed by atoms with E-state index in [0.29, 0.717) is 6.54 Å². The first-order valence-electron chi connectivity index (χ1n) is 6.87. The highest BCUT2D eigenvalue weighted by Gasteiger charge is 2.31. The van der Waals surface area contributed by atoms with E-state index in [9.17, 15) is 18.3 Å². The van der Waals surface area contributed by atoms with Crippen LogP contribution in [0.1, 0.15) is 18.4 Å². The Morgan fingerprint density at radius 2 is 1.95 bits per heavy atom. The zero-order chi connectivity index (χ0) is 15.5. The summed E-state index contributed by atoms with van der Waals surface area (Å²) in [4.78, 5) is 2.14. The van der Waals surface area contributed by atoms with E-state index in [4.69, 9.17) is 11.6 Å². The second kappa shape index (κ2) is 6.85. The fourth-order valence-corrected chi connectivity index (χ4v) is 2.58. The third-order valence-corrected chi connectivity index (χ3v) is 3.82. The van der Waals surface area contributed by atoms with Crippen molar-refractivity contribution in [3.63, 3.8) is 0 Å². The van der Waals surface area contributed by atoms with Crippen LogP contribution in [0, 0.1) is 0 Å². The fourth-order valence-electron chi connectivity index (χ4n) is 2.39. The van der Waals surface area contributed by atoms with Gasteiger partial charge in [-0.3, -0.25) is 0 Å². The van der Waals surface area contributed by atoms with Crippen molar-refractivity contribution in [2.24, 2.45) is 0 Å². The summed E-state index contributed by atoms with van der Waals surface area (Å²) in [6, 6.07) is 3.11. The van der Waals surface area contributed by atoms with Gasteiger partial charge in [0, 0.05) is 13.1 Å². The van der Waals surface area contributed by atoms with E-state index in [-0.39, 0.29) is 17.3 Å². The monoisotopic (exact) mass is 322 g/mol. The normalized spacial score (nSPS) is 18.0. The maximum absolute atomic E-state index is 12.6. The van der Waals surface area contributed by atoms with Crippen LogP contribution >= 0.6 is 11.6 Å². The standard InChI is InChI=1S/C14H18ClF3N2O/c15-12-4-3-10(14(16,17)18)7-13(12)19-8-11(21)9-20-5-1-2-6-20/h3-4,7,11,19,21H,1-2,5-6,8-9H2. The number of anilines is 1. The minimum atomic E-state index is -4.41. The molecule has 1 aliphatic rings. The van der Waals surface area contributed by atoms with Crippen molar-refractivity contribution in [2.45, 2.75) is 25.1 Å². The molecule has 0 spiro atoms. The molecule has 1 heterocycles. The van der Waals surface area contributed by atoms with Crippen molar-refractivity contribution in [1.29, 1.82) is 0 Å². The molecule has 0 radical (unpaired) electrons. The summed E-state index contributed by atoms with van der Waals surface area (Å²) in [6.45, 7) is 2.60. The largest absolute Gasteiger partial charge is 0.416 e. The zero-order valence-electron chi connectivity index (χ0n) is 11.5. The van der Waals surface area contributed by atoms with Crippen LogP contribution in [-0.2, 0) is 6.18 Å². The predicted molar refractivity (Wildman–Crippen MR) is 76.6 cm³/mol. The number of hydrogen-bond donors (Lipinski definition) is 2. The average molecular weight is 323 g/mol. The molecule has 0 aliphatic carbocycles. The molecule has 7 heteroatoms. The maximum Gasteiger partial charge on any atom is 0.416 e. The second-order valence-electron chi connectivity index (χ2n) is 5.23. The molecule has 1 saturated heterocycles. The van der Waals surface area contributed by atoms with Gasteiger partial charge in [0.1, 0.15) is 0 Å². The molecular weight excluding hydrogens is 305 g/mol. The van der Waals surface area contributed by atoms with Crippen LogP contribution in [0.15, 0.2) is 18.2 Å². The third kappa shape index (κ3) is 4.76. The first kappa shape index (κ1) is 16.4. The Morgan fingerprint density at radius 3 is 2.57 bits per heavy atom. The molecule has 0 amide bonds. The minimum Gasteiger partial charge on any atom is -0.390 e. The summed E-state index contributed by atoms with van der Waals surface area (Å²) >= 11 is 5.88. The van der Waals surface area contributed by atoms with Gasteiger partial charge < -0.3 is 15.3 Å². The lowest BCUT2D eigenvalue weighted by Gasteiger charge is -2.20. The lowest BCUT2D eigenvalue weighted by molar-refractivity contribution is -0.137. The topological polar surface area (TPSA) is 35.5 Å². The number of nitrogens with zero attached hydrogens (tertiary/aromatic N) is 1. The van der Waals surface area contributed by atoms with E-state index in [1.165, 1.54) is 6.07 Å². The Labute approximate surface area is 126 Å². The van der Waals surface area contributed by atoms with Gasteiger partial charge in [0.2, 0.25) is 0 Å². The van der Waals surface area contributed by atoms with Crippen molar-refractivity contribution < 1.29 is 18.3 Å². The van der Waals surface area contributed by atoms with Crippen LogP contribution in [-0.4, -0.2) is 42.3 Å². The number of nitrogens with one attached hydrogen (secondary N) is 1. The highest BCUT2D eigenvalue weighted by Crippen LogP contribution is 2.33. The summed E-state index contributed by atoms with van der Waals surface area (Å²) in [5.41, 5.74) is -0.574. The van der Waals surface area contributed by atoms with Crippen LogP contribution < -0.4 is 5.32 Å². The van der Waals surface area contributed by atoms with Gasteiger partial charge in [0.05, 0.1) is 22.4 Å². The van der Waals surface area contributed by atoms with Gasteiger partial charge in [0.25, 0.3) is 0 Å². The van der Waals surface area contributed by atoms with Crippen molar-refractivity contribution in [3.8, 4) is 0 Å². The minimum absolute atomic E-state index is 0.164. The van der Waals surface area contributed by atoms with E-state index in [0.717, 1.165) is 38.1 Å². The molecule has 118 valence electrons. The van der Waals surface area contributed by atoms with Gasteiger partial charge in [-0.2, -0.15) is 13.2 Å². The van der Waals surface area contributed by atoms with Gasteiger partial charge in [-0.1, -0.05) is 11.6 Å². The fraction of sp³-hybridized carbons (Fsp3) is 0.571. The number of β-amino-alcohol motifs (C(OH)–C–C–N with tert-alkyl or cyclic N) is 1. The second-order valence-corrected chi connectivity index (χ2v) is 5.64. The summed E-state index contributed by atoms with van der Waals surface area (Å²) in [6.07, 6.45) is -2.80. The number of likely N-dealkylation sites (tertiary alicyclic amines) is 1. The lowest BCUT2D eigenvalue weighted by Crippen LogP contribution is -2.34. The van der Waals surface area contributed by atoms with E-state index in [1.54, 1.807) is 0 Å². The molecule has 2 rings (SSSR count). The van der Waals surface area contributed by atoms with Crippen LogP contribution in [0.25, 0.3) is 0 Å². The number of rotatable bonds is 5. The molecule has 0 saturated carbocycles. The Balaban J connectivity index is 1.92. The molecular formula is C14H18ClF3N2O. The molecule has 0 aromatic heterocycles. The number of aliphatic hydroxyl groups is 1. The highest BCUT2D eigenvalue weighted by molar-refractivity contribution is 6.33. The van der Waals surface area contributed by atoms with Gasteiger partial charge in [-0.15, -0.1) is 0 Å². The molecule has 1 aliphatic heterocycles. The van der Waals surface area contributed by atoms with Gasteiger partial charge in [-0.25, -0.2) is 0 Å². The molecule has 1 aromatic rings. The third-order valence-electron chi connectivity index (χ3n) is 3.49. The quantitative estimate of drug-likeness (QED) is 0.873. The molecule has 3 nitrogen and oxygen atoms in total. The summed E-state index contributed by atoms with van der Waals surface area (Å²) in [5, 5.41) is 12.9. The Morgan fingerprint density at radius 1 is 1.29 bits per heavy atom. The van der Waals surface area contributed by atoms with Crippen molar-refractivity contribution in [3.05, 3.63) is 28.8 Å². The van der Waals surface area contributed by atoms with Gasteiger partial charge in [0.15, 0.2) is 0 Å². The SMILES string of the molecule is OC(CNc1cc(C(F)(F)F)ccc1Cl)CN1CCCC1. The summed E-state index contributed by atoms with van der Waals surface area (Å²) < 4.78 is 37.9. The molecule has 1 unspecified atom stereocenters. The maximum atomic E-state index is 12.6. The van der Waals surface area contributed by atoms with Crippen LogP contribution in [0.4, 0.5) is 18.9 Å². The Bertz CT molecular complexity index is 476. The lowest BCUT2D eigenvalue weighted by atomic mass is 10.2. The number of hydrogen-bond acceptors (Lipinski definition) is 3. The number of aliphatic hydroxyl groups excluding tert-OH is 1. The Hall–Kier alpha value is -0.980. The predicted octanol–water partition coefficient (Wildman–Crippen LogP) is 3.23. The number of alkyl halides is 3. The number of benzene rings is 1. The van der Waals surface area contributed by atoms with E-state index >= 15 is 0 Å². The zero-order valence-corrected chi connectivity index (χ0v) is 12.2. The van der Waals surface area contributed by atoms with Crippen molar-refractivity contribution in [2.75, 3.05) is 31.5 Å². The average Bonchev–Trinajstić information content (AvgIpc) is 2.89. The van der Waals surface area contributed by atoms with Crippen LogP contribution in [0.2, 0.25) is 5.02 Å². The molecule has 1 atom stereocenters. The smallest absolute Gasteiger partial charge is 0.390 e. The molecule has 2 N–H and O–H groups in total.